The summed E-state index contributed by atoms with van der Waals surface area (Å²) in [6.45, 7) is 6.39. The lowest BCUT2D eigenvalue weighted by Gasteiger charge is -2.37. The first-order valence-corrected chi connectivity index (χ1v) is 14.3. The summed E-state index contributed by atoms with van der Waals surface area (Å²) in [6.07, 6.45) is 3.29. The predicted molar refractivity (Wildman–Crippen MR) is 159 cm³/mol. The van der Waals surface area contributed by atoms with Crippen molar-refractivity contribution in [2.45, 2.75) is 26.3 Å². The molecule has 2 aromatic heterocycles. The van der Waals surface area contributed by atoms with Gasteiger partial charge in [-0.1, -0.05) is 23.7 Å². The van der Waals surface area contributed by atoms with Gasteiger partial charge in [0.1, 0.15) is 23.0 Å². The number of hydrogen-bond acceptors (Lipinski definition) is 6. The number of benzene rings is 2. The zero-order chi connectivity index (χ0) is 29.5. The second-order valence-electron chi connectivity index (χ2n) is 10.8. The number of aryl methyl sites for hydroxylation is 1. The third-order valence-corrected chi connectivity index (χ3v) is 8.41. The summed E-state index contributed by atoms with van der Waals surface area (Å²) in [5.41, 5.74) is 0.338. The van der Waals surface area contributed by atoms with Gasteiger partial charge in [0, 0.05) is 44.6 Å². The first-order valence-electron chi connectivity index (χ1n) is 14.0. The van der Waals surface area contributed by atoms with Crippen molar-refractivity contribution in [3.63, 3.8) is 0 Å². The Hall–Kier alpha value is -4.02. The molecule has 0 bridgehead atoms. The molecule has 218 valence electrons. The van der Waals surface area contributed by atoms with Crippen molar-refractivity contribution in [2.24, 2.45) is 0 Å². The first kappa shape index (κ1) is 28.1. The summed E-state index contributed by atoms with van der Waals surface area (Å²) in [4.78, 5) is 35.8. The fraction of sp³-hybridized carbons (Fsp3) is 0.323. The Morgan fingerprint density at radius 3 is 2.36 bits per heavy atom. The molecule has 0 atom stereocenters. The third kappa shape index (κ3) is 5.20. The van der Waals surface area contributed by atoms with Crippen LogP contribution in [0.15, 0.2) is 53.5 Å². The van der Waals surface area contributed by atoms with Gasteiger partial charge in [-0.25, -0.2) is 18.6 Å². The fourth-order valence-electron chi connectivity index (χ4n) is 5.94. The van der Waals surface area contributed by atoms with Crippen molar-refractivity contribution in [3.8, 4) is 5.69 Å². The minimum atomic E-state index is -1.50. The number of carboxylic acid groups (broad SMARTS) is 1. The van der Waals surface area contributed by atoms with Gasteiger partial charge in [-0.2, -0.15) is 0 Å². The Kier molecular flexibility index (Phi) is 7.59. The molecule has 0 amide bonds. The molecule has 0 spiro atoms. The monoisotopic (exact) mass is 593 g/mol. The molecule has 0 aliphatic carbocycles. The minimum absolute atomic E-state index is 0.0162. The number of piperazine rings is 1. The van der Waals surface area contributed by atoms with Gasteiger partial charge in [0.15, 0.2) is 0 Å². The quantitative estimate of drug-likeness (QED) is 0.327. The van der Waals surface area contributed by atoms with Crippen LogP contribution < -0.4 is 15.2 Å². The van der Waals surface area contributed by atoms with Gasteiger partial charge in [0.05, 0.1) is 27.3 Å². The number of likely N-dealkylation sites (tertiary alicyclic amines) is 1. The van der Waals surface area contributed by atoms with E-state index in [9.17, 15) is 14.7 Å². The summed E-state index contributed by atoms with van der Waals surface area (Å²) in [5.74, 6) is -2.02. The van der Waals surface area contributed by atoms with E-state index in [4.69, 9.17) is 11.6 Å². The van der Waals surface area contributed by atoms with Crippen LogP contribution in [-0.4, -0.2) is 64.8 Å². The molecule has 2 saturated heterocycles. The molecule has 0 saturated carbocycles. The molecular weight excluding hydrogens is 564 g/mol. The highest BCUT2D eigenvalue weighted by Gasteiger charge is 2.28. The largest absolute Gasteiger partial charge is 0.477 e. The molecule has 8 nitrogen and oxygen atoms in total. The van der Waals surface area contributed by atoms with Crippen LogP contribution in [0.5, 0.6) is 0 Å². The molecule has 1 N–H and O–H groups in total. The molecule has 4 heterocycles. The highest BCUT2D eigenvalue weighted by Crippen LogP contribution is 2.38. The predicted octanol–water partition coefficient (Wildman–Crippen LogP) is 5.25. The van der Waals surface area contributed by atoms with E-state index in [1.807, 2.05) is 25.1 Å². The number of carboxylic acids is 1. The van der Waals surface area contributed by atoms with Crippen molar-refractivity contribution < 1.29 is 18.7 Å². The summed E-state index contributed by atoms with van der Waals surface area (Å²) in [6, 6.07) is 11.5. The highest BCUT2D eigenvalue weighted by molar-refractivity contribution is 6.38. The van der Waals surface area contributed by atoms with E-state index in [2.05, 4.69) is 14.8 Å². The van der Waals surface area contributed by atoms with E-state index < -0.39 is 28.6 Å². The number of rotatable bonds is 6. The first-order chi connectivity index (χ1) is 20.2. The highest BCUT2D eigenvalue weighted by atomic mass is 35.5. The smallest absolute Gasteiger partial charge is 0.341 e. The van der Waals surface area contributed by atoms with Crippen molar-refractivity contribution in [3.05, 3.63) is 92.4 Å². The van der Waals surface area contributed by atoms with Crippen molar-refractivity contribution >= 4 is 40.0 Å². The van der Waals surface area contributed by atoms with Crippen LogP contribution in [0.25, 0.3) is 16.6 Å². The Morgan fingerprint density at radius 1 is 0.976 bits per heavy atom. The maximum atomic E-state index is 15.7. The Labute approximate surface area is 246 Å². The van der Waals surface area contributed by atoms with Crippen LogP contribution in [0, 0.1) is 18.6 Å². The topological polar surface area (TPSA) is 81.9 Å². The lowest BCUT2D eigenvalue weighted by atomic mass is 10.1. The fourth-order valence-corrected chi connectivity index (χ4v) is 6.35. The van der Waals surface area contributed by atoms with Gasteiger partial charge in [0.25, 0.3) is 0 Å². The maximum absolute atomic E-state index is 15.7. The SMILES string of the molecule is Cc1cccc(N2CCN(c3c(F)cc4c(=O)c(C(=O)O)cn(-c5ccc(CN6CCCC6)cc5F)c4c3Cl)CC2)n1. The van der Waals surface area contributed by atoms with Gasteiger partial charge in [0.2, 0.25) is 5.43 Å². The molecular formula is C31H30ClF2N5O3. The van der Waals surface area contributed by atoms with E-state index in [-0.39, 0.29) is 27.3 Å². The number of aromatic nitrogens is 2. The summed E-state index contributed by atoms with van der Waals surface area (Å²) >= 11 is 6.87. The molecule has 2 aliphatic heterocycles. The average Bonchev–Trinajstić information content (AvgIpc) is 3.47. The lowest BCUT2D eigenvalue weighted by molar-refractivity contribution is 0.0695. The van der Waals surface area contributed by atoms with Crippen LogP contribution >= 0.6 is 11.6 Å². The lowest BCUT2D eigenvalue weighted by Crippen LogP contribution is -2.47. The second-order valence-corrected chi connectivity index (χ2v) is 11.2. The minimum Gasteiger partial charge on any atom is -0.477 e. The molecule has 0 unspecified atom stereocenters. The molecule has 2 aromatic carbocycles. The Morgan fingerprint density at radius 2 is 1.69 bits per heavy atom. The molecule has 6 rings (SSSR count). The van der Waals surface area contributed by atoms with Gasteiger partial charge in [-0.15, -0.1) is 0 Å². The standard InChI is InChI=1S/C31H30ClF2N5O3/c1-19-5-4-6-26(35-19)37-11-13-38(14-12-37)29-24(34)16-21-28(27(29)32)39(18-22(30(21)40)31(41)42)25-8-7-20(15-23(25)33)17-36-9-2-3-10-36/h4-8,15-16,18H,2-3,9-14,17H2,1H3,(H,41,42). The van der Waals surface area contributed by atoms with Crippen LogP contribution in [0.1, 0.15) is 34.5 Å². The van der Waals surface area contributed by atoms with Gasteiger partial charge >= 0.3 is 5.97 Å². The van der Waals surface area contributed by atoms with Crippen LogP contribution in [-0.2, 0) is 6.54 Å². The van der Waals surface area contributed by atoms with Crippen LogP contribution in [0.4, 0.5) is 20.3 Å². The number of aromatic carboxylic acids is 1. The molecule has 11 heteroatoms. The van der Waals surface area contributed by atoms with Crippen LogP contribution in [0.2, 0.25) is 5.02 Å². The molecule has 2 fully saturated rings. The summed E-state index contributed by atoms with van der Waals surface area (Å²) < 4.78 is 32.6. The maximum Gasteiger partial charge on any atom is 0.341 e. The van der Waals surface area contributed by atoms with Gasteiger partial charge < -0.3 is 19.5 Å². The second kappa shape index (κ2) is 11.3. The average molecular weight is 594 g/mol. The molecule has 2 aliphatic rings. The zero-order valence-electron chi connectivity index (χ0n) is 23.1. The van der Waals surface area contributed by atoms with E-state index in [0.717, 1.165) is 55.3 Å². The number of anilines is 2. The van der Waals surface area contributed by atoms with Crippen molar-refractivity contribution in [1.29, 1.82) is 0 Å². The molecule has 0 radical (unpaired) electrons. The van der Waals surface area contributed by atoms with E-state index >= 15 is 8.78 Å². The van der Waals surface area contributed by atoms with E-state index in [1.54, 1.807) is 17.0 Å². The normalized spacial score (nSPS) is 16.0. The summed E-state index contributed by atoms with van der Waals surface area (Å²) in [7, 11) is 0. The Balaban J connectivity index is 1.42. The third-order valence-electron chi connectivity index (χ3n) is 8.06. The molecule has 42 heavy (non-hydrogen) atoms. The number of halogens is 3. The number of fused-ring (bicyclic) bond motifs is 1. The van der Waals surface area contributed by atoms with Gasteiger partial charge in [-0.3, -0.25) is 9.69 Å². The van der Waals surface area contributed by atoms with E-state index in [0.29, 0.717) is 32.7 Å². The zero-order valence-corrected chi connectivity index (χ0v) is 23.9. The summed E-state index contributed by atoms with van der Waals surface area (Å²) in [5, 5.41) is 9.43. The number of carbonyl (C=O) groups is 1. The van der Waals surface area contributed by atoms with Crippen molar-refractivity contribution in [2.75, 3.05) is 49.1 Å². The van der Waals surface area contributed by atoms with E-state index in [1.165, 1.54) is 10.6 Å². The Bertz CT molecular complexity index is 1750. The van der Waals surface area contributed by atoms with Gasteiger partial charge in [-0.05, 0) is 68.8 Å². The number of hydrogen-bond donors (Lipinski definition) is 1. The molecule has 4 aromatic rings. The number of pyridine rings is 2. The van der Waals surface area contributed by atoms with Crippen molar-refractivity contribution in [1.82, 2.24) is 14.5 Å². The number of nitrogens with zero attached hydrogens (tertiary/aromatic N) is 5. The van der Waals surface area contributed by atoms with Crippen LogP contribution in [0.3, 0.4) is 0 Å².